The molecule has 0 aliphatic carbocycles. The molecule has 1 N–H and O–H groups in total. The molecule has 0 bridgehead atoms. The molecule has 0 saturated heterocycles. The second-order valence-corrected chi connectivity index (χ2v) is 6.06. The van der Waals surface area contributed by atoms with E-state index < -0.39 is 6.09 Å². The predicted molar refractivity (Wildman–Crippen MR) is 99.4 cm³/mol. The molecule has 2 aromatic rings. The predicted octanol–water partition coefficient (Wildman–Crippen LogP) is 3.56. The van der Waals surface area contributed by atoms with Gasteiger partial charge in [-0.05, 0) is 17.5 Å². The van der Waals surface area contributed by atoms with Crippen molar-refractivity contribution in [2.45, 2.75) is 32.4 Å². The van der Waals surface area contributed by atoms with Gasteiger partial charge in [-0.1, -0.05) is 60.7 Å². The third-order valence-corrected chi connectivity index (χ3v) is 3.95. The number of carbonyl (C=O) groups is 2. The van der Waals surface area contributed by atoms with E-state index in [0.717, 1.165) is 11.1 Å². The van der Waals surface area contributed by atoms with Gasteiger partial charge >= 0.3 is 6.09 Å². The van der Waals surface area contributed by atoms with Crippen LogP contribution in [0, 0.1) is 0 Å². The molecule has 2 aromatic carbocycles. The van der Waals surface area contributed by atoms with Gasteiger partial charge in [0.2, 0.25) is 0 Å². The first kappa shape index (κ1) is 19.7. The molecule has 26 heavy (non-hydrogen) atoms. The number of hydrogen-bond donors (Lipinski definition) is 1. The van der Waals surface area contributed by atoms with Gasteiger partial charge in [0, 0.05) is 32.5 Å². The molecule has 0 aliphatic heterocycles. The fourth-order valence-electron chi connectivity index (χ4n) is 2.57. The van der Waals surface area contributed by atoms with Crippen LogP contribution in [0.5, 0.6) is 0 Å². The van der Waals surface area contributed by atoms with Crippen LogP contribution < -0.4 is 0 Å². The van der Waals surface area contributed by atoms with Gasteiger partial charge in [0.05, 0.1) is 0 Å². The van der Waals surface area contributed by atoms with Gasteiger partial charge in [0.25, 0.3) is 0 Å². The Morgan fingerprint density at radius 2 is 1.50 bits per heavy atom. The molecular formula is C21H25NO4. The monoisotopic (exact) mass is 355 g/mol. The van der Waals surface area contributed by atoms with E-state index in [1.165, 1.54) is 0 Å². The number of benzene rings is 2. The van der Waals surface area contributed by atoms with E-state index in [4.69, 9.17) is 9.84 Å². The highest BCUT2D eigenvalue weighted by molar-refractivity contribution is 5.78. The lowest BCUT2D eigenvalue weighted by Crippen LogP contribution is -2.32. The highest BCUT2D eigenvalue weighted by Gasteiger charge is 2.16. The summed E-state index contributed by atoms with van der Waals surface area (Å²) in [6.45, 7) is 0.947. The molecule has 5 nitrogen and oxygen atoms in total. The molecule has 0 fully saturated rings. The Labute approximate surface area is 154 Å². The standard InChI is InChI=1S/C21H25NO4/c23-15-13-20(24)12-7-14-22(16-18-8-3-1-4-9-18)21(25)26-17-19-10-5-2-6-11-19/h1-6,8-11,23H,7,12-17H2. The SMILES string of the molecule is O=C(CCO)CCCN(Cc1ccccc1)C(=O)OCc1ccccc1. The molecule has 2 rings (SSSR count). The van der Waals surface area contributed by atoms with Crippen molar-refractivity contribution in [3.8, 4) is 0 Å². The van der Waals surface area contributed by atoms with Crippen LogP contribution in [0.4, 0.5) is 4.79 Å². The Balaban J connectivity index is 1.92. The molecule has 0 heterocycles. The van der Waals surface area contributed by atoms with Gasteiger partial charge in [0.15, 0.2) is 0 Å². The normalized spacial score (nSPS) is 10.3. The maximum Gasteiger partial charge on any atom is 0.410 e. The highest BCUT2D eigenvalue weighted by atomic mass is 16.6. The van der Waals surface area contributed by atoms with Crippen LogP contribution in [-0.4, -0.2) is 35.0 Å². The zero-order chi connectivity index (χ0) is 18.6. The molecule has 0 radical (unpaired) electrons. The van der Waals surface area contributed by atoms with Crippen LogP contribution in [0.1, 0.15) is 30.4 Å². The van der Waals surface area contributed by atoms with Gasteiger partial charge in [-0.3, -0.25) is 4.79 Å². The molecular weight excluding hydrogens is 330 g/mol. The summed E-state index contributed by atoms with van der Waals surface area (Å²) in [7, 11) is 0. The van der Waals surface area contributed by atoms with Crippen molar-refractivity contribution < 1.29 is 19.4 Å². The van der Waals surface area contributed by atoms with Crippen molar-refractivity contribution in [1.82, 2.24) is 4.90 Å². The van der Waals surface area contributed by atoms with E-state index in [2.05, 4.69) is 0 Å². The Bertz CT molecular complexity index is 673. The lowest BCUT2D eigenvalue weighted by molar-refractivity contribution is -0.119. The van der Waals surface area contributed by atoms with Crippen molar-refractivity contribution >= 4 is 11.9 Å². The third kappa shape index (κ3) is 7.07. The van der Waals surface area contributed by atoms with E-state index in [9.17, 15) is 9.59 Å². The fraction of sp³-hybridized carbons (Fsp3) is 0.333. The van der Waals surface area contributed by atoms with E-state index in [0.29, 0.717) is 25.9 Å². The molecule has 0 aliphatic rings. The van der Waals surface area contributed by atoms with Crippen LogP contribution in [0.15, 0.2) is 60.7 Å². The van der Waals surface area contributed by atoms with E-state index in [-0.39, 0.29) is 25.4 Å². The summed E-state index contributed by atoms with van der Waals surface area (Å²) in [4.78, 5) is 25.7. The van der Waals surface area contributed by atoms with Crippen LogP contribution in [0.25, 0.3) is 0 Å². The minimum absolute atomic E-state index is 0.00446. The number of carbonyl (C=O) groups excluding carboxylic acids is 2. The maximum absolute atomic E-state index is 12.5. The molecule has 0 spiro atoms. The number of nitrogens with zero attached hydrogens (tertiary/aromatic N) is 1. The number of aliphatic hydroxyl groups is 1. The topological polar surface area (TPSA) is 66.8 Å². The van der Waals surface area contributed by atoms with Gasteiger partial charge in [-0.25, -0.2) is 4.79 Å². The first-order valence-electron chi connectivity index (χ1n) is 8.81. The third-order valence-electron chi connectivity index (χ3n) is 3.95. The van der Waals surface area contributed by atoms with Gasteiger partial charge < -0.3 is 14.7 Å². The molecule has 0 aromatic heterocycles. The Kier molecular flexibility index (Phi) is 8.36. The number of aliphatic hydroxyl groups excluding tert-OH is 1. The van der Waals surface area contributed by atoms with Gasteiger partial charge in [0.1, 0.15) is 12.4 Å². The average molecular weight is 355 g/mol. The van der Waals surface area contributed by atoms with Crippen molar-refractivity contribution in [2.75, 3.05) is 13.2 Å². The Morgan fingerprint density at radius 3 is 2.12 bits per heavy atom. The fourth-order valence-corrected chi connectivity index (χ4v) is 2.57. The number of ether oxygens (including phenoxy) is 1. The Morgan fingerprint density at radius 1 is 0.885 bits per heavy atom. The summed E-state index contributed by atoms with van der Waals surface area (Å²) in [5, 5.41) is 8.80. The maximum atomic E-state index is 12.5. The zero-order valence-corrected chi connectivity index (χ0v) is 14.8. The van der Waals surface area contributed by atoms with Crippen molar-refractivity contribution in [2.24, 2.45) is 0 Å². The minimum atomic E-state index is -0.396. The average Bonchev–Trinajstić information content (AvgIpc) is 2.67. The van der Waals surface area contributed by atoms with E-state index >= 15 is 0 Å². The summed E-state index contributed by atoms with van der Waals surface area (Å²) in [5.74, 6) is 0.00446. The quantitative estimate of drug-likeness (QED) is 0.708. The largest absolute Gasteiger partial charge is 0.445 e. The lowest BCUT2D eigenvalue weighted by Gasteiger charge is -2.22. The number of hydrogen-bond acceptors (Lipinski definition) is 4. The molecule has 0 unspecified atom stereocenters. The first-order valence-corrected chi connectivity index (χ1v) is 8.81. The second kappa shape index (κ2) is 11.1. The Hall–Kier alpha value is -2.66. The smallest absolute Gasteiger partial charge is 0.410 e. The van der Waals surface area contributed by atoms with Crippen LogP contribution in [-0.2, 0) is 22.7 Å². The molecule has 5 heteroatoms. The molecule has 0 atom stereocenters. The molecule has 1 amide bonds. The van der Waals surface area contributed by atoms with Crippen LogP contribution >= 0.6 is 0 Å². The van der Waals surface area contributed by atoms with E-state index in [1.54, 1.807) is 4.90 Å². The molecule has 138 valence electrons. The lowest BCUT2D eigenvalue weighted by atomic mass is 10.1. The van der Waals surface area contributed by atoms with E-state index in [1.807, 2.05) is 60.7 Å². The second-order valence-electron chi connectivity index (χ2n) is 6.06. The molecule has 0 saturated carbocycles. The van der Waals surface area contributed by atoms with Crippen molar-refractivity contribution in [3.63, 3.8) is 0 Å². The van der Waals surface area contributed by atoms with Gasteiger partial charge in [-0.15, -0.1) is 0 Å². The van der Waals surface area contributed by atoms with Crippen molar-refractivity contribution in [3.05, 3.63) is 71.8 Å². The summed E-state index contributed by atoms with van der Waals surface area (Å²) >= 11 is 0. The minimum Gasteiger partial charge on any atom is -0.445 e. The first-order chi connectivity index (χ1) is 12.7. The number of Topliss-reactive ketones (excluding diaryl/α,β-unsaturated/α-hetero) is 1. The summed E-state index contributed by atoms with van der Waals surface area (Å²) < 4.78 is 5.43. The van der Waals surface area contributed by atoms with Gasteiger partial charge in [-0.2, -0.15) is 0 Å². The zero-order valence-electron chi connectivity index (χ0n) is 14.8. The van der Waals surface area contributed by atoms with Crippen LogP contribution in [0.2, 0.25) is 0 Å². The highest BCUT2D eigenvalue weighted by Crippen LogP contribution is 2.10. The number of amides is 1. The number of ketones is 1. The number of rotatable bonds is 10. The summed E-state index contributed by atoms with van der Waals surface area (Å²) in [5.41, 5.74) is 1.93. The summed E-state index contributed by atoms with van der Waals surface area (Å²) in [6, 6.07) is 19.2. The summed E-state index contributed by atoms with van der Waals surface area (Å²) in [6.07, 6.45) is 0.661. The van der Waals surface area contributed by atoms with Crippen LogP contribution in [0.3, 0.4) is 0 Å². The van der Waals surface area contributed by atoms with Crippen molar-refractivity contribution in [1.29, 1.82) is 0 Å².